The van der Waals surface area contributed by atoms with Crippen LogP contribution in [0.15, 0.2) is 71.7 Å². The van der Waals surface area contributed by atoms with Gasteiger partial charge in [0, 0.05) is 11.8 Å². The van der Waals surface area contributed by atoms with E-state index in [1.165, 1.54) is 10.8 Å². The molecule has 0 saturated carbocycles. The van der Waals surface area contributed by atoms with Gasteiger partial charge in [-0.15, -0.1) is 0 Å². The summed E-state index contributed by atoms with van der Waals surface area (Å²) in [5.74, 6) is 0.559. The maximum atomic E-state index is 5.24. The van der Waals surface area contributed by atoms with Crippen molar-refractivity contribution in [3.8, 4) is 5.75 Å². The third kappa shape index (κ3) is 2.43. The van der Waals surface area contributed by atoms with Gasteiger partial charge in [0.1, 0.15) is 11.4 Å². The third-order valence-corrected chi connectivity index (χ3v) is 3.16. The first-order valence-corrected chi connectivity index (χ1v) is 6.36. The van der Waals surface area contributed by atoms with Crippen LogP contribution in [0.5, 0.6) is 5.75 Å². The minimum absolute atomic E-state index is 0.559. The molecule has 0 aliphatic carbocycles. The van der Waals surface area contributed by atoms with Crippen molar-refractivity contribution in [1.82, 2.24) is 0 Å². The fraction of sp³-hybridized carbons (Fsp3) is 0. The molecule has 2 radical (unpaired) electrons. The van der Waals surface area contributed by atoms with E-state index in [0.29, 0.717) is 11.4 Å². The van der Waals surface area contributed by atoms with E-state index >= 15 is 0 Å². The molecule has 2 nitrogen and oxygen atoms in total. The number of aliphatic imine (C=N–C) groups is 1. The number of fused-ring (bicyclic) bond motifs is 1. The third-order valence-electron chi connectivity index (χ3n) is 3.16. The molecule has 0 fully saturated rings. The summed E-state index contributed by atoms with van der Waals surface area (Å²) in [5.41, 5.74) is 1.78. The van der Waals surface area contributed by atoms with Gasteiger partial charge in [-0.1, -0.05) is 54.6 Å². The number of hydrogen-bond donors (Lipinski definition) is 0. The predicted molar refractivity (Wildman–Crippen MR) is 84.0 cm³/mol. The minimum atomic E-state index is 0.559. The van der Waals surface area contributed by atoms with Gasteiger partial charge in [0.2, 0.25) is 0 Å². The fourth-order valence-electron chi connectivity index (χ4n) is 2.17. The molecule has 0 spiro atoms. The highest BCUT2D eigenvalue weighted by Gasteiger charge is 2.00. The van der Waals surface area contributed by atoms with Crippen LogP contribution in [-0.2, 0) is 0 Å². The average Bonchev–Trinajstić information content (AvgIpc) is 2.53. The second kappa shape index (κ2) is 5.62. The normalized spacial score (nSPS) is 11.0. The molecule has 0 atom stereocenters. The van der Waals surface area contributed by atoms with Crippen LogP contribution in [0, 0.1) is 0 Å². The van der Waals surface area contributed by atoms with Crippen LogP contribution in [0.2, 0.25) is 0 Å². The highest BCUT2D eigenvalue weighted by Crippen LogP contribution is 2.26. The molecule has 3 rings (SSSR count). The summed E-state index contributed by atoms with van der Waals surface area (Å²) in [7, 11) is 5.24. The molecular formula is C17H12BNO. The Kier molecular flexibility index (Phi) is 3.51. The smallest absolute Gasteiger partial charge is 0.374 e. The van der Waals surface area contributed by atoms with Crippen molar-refractivity contribution in [3.63, 3.8) is 0 Å². The van der Waals surface area contributed by atoms with Gasteiger partial charge in [-0.2, -0.15) is 0 Å². The van der Waals surface area contributed by atoms with Gasteiger partial charge >= 0.3 is 8.05 Å². The Morgan fingerprint density at radius 1 is 0.850 bits per heavy atom. The largest absolute Gasteiger partial charge is 0.566 e. The lowest BCUT2D eigenvalue weighted by atomic mass is 10.1. The fourth-order valence-corrected chi connectivity index (χ4v) is 2.17. The Morgan fingerprint density at radius 3 is 2.50 bits per heavy atom. The molecule has 3 heteroatoms. The molecule has 94 valence electrons. The molecule has 0 heterocycles. The molecule has 3 aromatic carbocycles. The number of nitrogens with zero attached hydrogens (tertiary/aromatic N) is 1. The zero-order chi connectivity index (χ0) is 13.8. The molecule has 20 heavy (non-hydrogen) atoms. The topological polar surface area (TPSA) is 21.6 Å². The van der Waals surface area contributed by atoms with Crippen molar-refractivity contribution >= 4 is 30.7 Å². The first kappa shape index (κ1) is 12.5. The maximum Gasteiger partial charge on any atom is 0.374 e. The summed E-state index contributed by atoms with van der Waals surface area (Å²) in [5, 5.41) is 2.37. The van der Waals surface area contributed by atoms with Gasteiger partial charge in [0.25, 0.3) is 0 Å². The van der Waals surface area contributed by atoms with E-state index < -0.39 is 0 Å². The molecule has 0 aliphatic heterocycles. The lowest BCUT2D eigenvalue weighted by Crippen LogP contribution is -1.87. The van der Waals surface area contributed by atoms with E-state index in [2.05, 4.69) is 23.2 Å². The van der Waals surface area contributed by atoms with E-state index in [4.69, 9.17) is 12.7 Å². The maximum absolute atomic E-state index is 5.24. The van der Waals surface area contributed by atoms with Crippen LogP contribution in [0.25, 0.3) is 10.8 Å². The Labute approximate surface area is 119 Å². The highest BCUT2D eigenvalue weighted by molar-refractivity contribution is 6.02. The molecule has 0 aliphatic rings. The van der Waals surface area contributed by atoms with E-state index in [0.717, 1.165) is 5.56 Å². The average molecular weight is 257 g/mol. The summed E-state index contributed by atoms with van der Waals surface area (Å²) in [6.07, 6.45) is 1.83. The van der Waals surface area contributed by atoms with Gasteiger partial charge in [0.15, 0.2) is 0 Å². The summed E-state index contributed by atoms with van der Waals surface area (Å²) in [6, 6.07) is 21.8. The van der Waals surface area contributed by atoms with E-state index in [-0.39, 0.29) is 0 Å². The van der Waals surface area contributed by atoms with Gasteiger partial charge < -0.3 is 4.65 Å². The summed E-state index contributed by atoms with van der Waals surface area (Å²) in [6.45, 7) is 0. The predicted octanol–water partition coefficient (Wildman–Crippen LogP) is 4.05. The van der Waals surface area contributed by atoms with Crippen LogP contribution in [-0.4, -0.2) is 14.3 Å². The molecule has 3 aromatic rings. The van der Waals surface area contributed by atoms with Crippen molar-refractivity contribution in [1.29, 1.82) is 0 Å². The van der Waals surface area contributed by atoms with Crippen molar-refractivity contribution in [3.05, 3.63) is 72.3 Å². The molecule has 0 bridgehead atoms. The lowest BCUT2D eigenvalue weighted by molar-refractivity contribution is 0.618. The number of benzene rings is 3. The van der Waals surface area contributed by atoms with Gasteiger partial charge in [0.05, 0.1) is 0 Å². The molecule has 0 amide bonds. The van der Waals surface area contributed by atoms with Crippen LogP contribution in [0.4, 0.5) is 5.69 Å². The van der Waals surface area contributed by atoms with Crippen molar-refractivity contribution < 1.29 is 4.65 Å². The highest BCUT2D eigenvalue weighted by atomic mass is 16.4. The monoisotopic (exact) mass is 257 g/mol. The summed E-state index contributed by atoms with van der Waals surface area (Å²) >= 11 is 0. The number of hydrogen-bond acceptors (Lipinski definition) is 2. The Morgan fingerprint density at radius 2 is 1.60 bits per heavy atom. The van der Waals surface area contributed by atoms with Gasteiger partial charge in [-0.3, -0.25) is 4.99 Å². The molecular weight excluding hydrogens is 245 g/mol. The Bertz CT molecular complexity index is 762. The molecule has 0 saturated heterocycles. The molecule has 0 N–H and O–H groups in total. The van der Waals surface area contributed by atoms with Crippen LogP contribution < -0.4 is 4.65 Å². The Hall–Kier alpha value is -2.55. The van der Waals surface area contributed by atoms with Crippen molar-refractivity contribution in [2.24, 2.45) is 4.99 Å². The van der Waals surface area contributed by atoms with E-state index in [1.54, 1.807) is 6.07 Å². The number of para-hydroxylation sites is 2. The number of rotatable bonds is 3. The van der Waals surface area contributed by atoms with Crippen molar-refractivity contribution in [2.45, 2.75) is 0 Å². The first-order valence-electron chi connectivity index (χ1n) is 6.36. The van der Waals surface area contributed by atoms with E-state index in [1.807, 2.05) is 48.7 Å². The first-order chi connectivity index (χ1) is 9.88. The SMILES string of the molecule is [B]Oc1ccccc1N=Cc1cccc2ccccc12. The van der Waals surface area contributed by atoms with Crippen molar-refractivity contribution in [2.75, 3.05) is 0 Å². The van der Waals surface area contributed by atoms with Gasteiger partial charge in [-0.05, 0) is 22.9 Å². The standard InChI is InChI=1S/C17H12BNO/c18-20-17-11-4-3-10-16(17)19-12-14-8-5-7-13-6-1-2-9-15(13)14/h1-12H. The van der Waals surface area contributed by atoms with Crippen LogP contribution in [0.1, 0.15) is 5.56 Å². The zero-order valence-corrected chi connectivity index (χ0v) is 10.9. The molecule has 0 unspecified atom stereocenters. The summed E-state index contributed by atoms with van der Waals surface area (Å²) in [4.78, 5) is 4.47. The zero-order valence-electron chi connectivity index (χ0n) is 10.9. The van der Waals surface area contributed by atoms with E-state index in [9.17, 15) is 0 Å². The Balaban J connectivity index is 2.03. The second-order valence-corrected chi connectivity index (χ2v) is 4.41. The van der Waals surface area contributed by atoms with Crippen LogP contribution in [0.3, 0.4) is 0 Å². The summed E-state index contributed by atoms with van der Waals surface area (Å²) < 4.78 is 4.81. The molecule has 0 aromatic heterocycles. The van der Waals surface area contributed by atoms with Gasteiger partial charge in [-0.25, -0.2) is 0 Å². The second-order valence-electron chi connectivity index (χ2n) is 4.41. The quantitative estimate of drug-likeness (QED) is 0.512. The lowest BCUT2D eigenvalue weighted by Gasteiger charge is -2.04. The minimum Gasteiger partial charge on any atom is -0.566 e. The van der Waals surface area contributed by atoms with Crippen LogP contribution >= 0.6 is 0 Å².